The predicted octanol–water partition coefficient (Wildman–Crippen LogP) is 0.853. The topological polar surface area (TPSA) is 56.5 Å². The van der Waals surface area contributed by atoms with Crippen molar-refractivity contribution in [2.75, 3.05) is 13.2 Å². The third-order valence-electron chi connectivity index (χ3n) is 1.99. The molecule has 1 rings (SSSR count). The van der Waals surface area contributed by atoms with Gasteiger partial charge in [-0.25, -0.2) is 0 Å². The van der Waals surface area contributed by atoms with Gasteiger partial charge >= 0.3 is 0 Å². The van der Waals surface area contributed by atoms with Gasteiger partial charge in [0.1, 0.15) is 6.10 Å². The summed E-state index contributed by atoms with van der Waals surface area (Å²) in [4.78, 5) is 0. The van der Waals surface area contributed by atoms with Crippen molar-refractivity contribution in [1.29, 1.82) is 0 Å². The largest absolute Gasteiger partial charge is 0.383 e. The van der Waals surface area contributed by atoms with Crippen LogP contribution in [-0.4, -0.2) is 34.4 Å². The first-order chi connectivity index (χ1) is 7.19. The molecule has 0 bridgehead atoms. The highest BCUT2D eigenvalue weighted by molar-refractivity contribution is 5.08. The van der Waals surface area contributed by atoms with E-state index in [1.54, 1.807) is 24.1 Å². The zero-order valence-corrected chi connectivity index (χ0v) is 9.38. The van der Waals surface area contributed by atoms with E-state index in [4.69, 9.17) is 9.47 Å². The molecule has 0 amide bonds. The summed E-state index contributed by atoms with van der Waals surface area (Å²) in [6.07, 6.45) is 1.94. The van der Waals surface area contributed by atoms with E-state index in [9.17, 15) is 5.11 Å². The molecule has 5 nitrogen and oxygen atoms in total. The molecule has 1 atom stereocenters. The molecule has 5 heteroatoms. The van der Waals surface area contributed by atoms with E-state index in [0.717, 1.165) is 0 Å². The summed E-state index contributed by atoms with van der Waals surface area (Å²) in [6.45, 7) is 4.73. The Labute approximate surface area is 89.6 Å². The number of aryl methyl sites for hydroxylation is 1. The van der Waals surface area contributed by atoms with E-state index in [1.807, 2.05) is 13.8 Å². The number of ether oxygens (including phenoxy) is 2. The van der Waals surface area contributed by atoms with Gasteiger partial charge < -0.3 is 14.6 Å². The van der Waals surface area contributed by atoms with Gasteiger partial charge in [0.15, 0.2) is 6.29 Å². The molecule has 0 aliphatic rings. The van der Waals surface area contributed by atoms with Gasteiger partial charge in [0.25, 0.3) is 0 Å². The van der Waals surface area contributed by atoms with Crippen LogP contribution in [0.15, 0.2) is 12.4 Å². The van der Waals surface area contributed by atoms with Gasteiger partial charge in [-0.2, -0.15) is 5.10 Å². The van der Waals surface area contributed by atoms with Gasteiger partial charge in [-0.3, -0.25) is 4.68 Å². The van der Waals surface area contributed by atoms with Crippen molar-refractivity contribution < 1.29 is 14.6 Å². The zero-order chi connectivity index (χ0) is 11.3. The summed E-state index contributed by atoms with van der Waals surface area (Å²) in [6, 6.07) is 0. The Morgan fingerprint density at radius 3 is 2.40 bits per heavy atom. The van der Waals surface area contributed by atoms with E-state index in [0.29, 0.717) is 18.8 Å². The molecule has 0 radical (unpaired) electrons. The molecule has 1 aromatic heterocycles. The standard InChI is InChI=1S/C10H18N2O3/c1-4-14-10(15-5-2)9(13)8-6-11-12(3)7-8/h6-7,9-10,13H,4-5H2,1-3H3. The third kappa shape index (κ3) is 3.30. The van der Waals surface area contributed by atoms with Gasteiger partial charge in [-0.1, -0.05) is 0 Å². The maximum absolute atomic E-state index is 9.95. The minimum atomic E-state index is -0.793. The molecule has 0 spiro atoms. The Morgan fingerprint density at radius 1 is 1.40 bits per heavy atom. The van der Waals surface area contributed by atoms with Gasteiger partial charge in [-0.15, -0.1) is 0 Å². The first-order valence-corrected chi connectivity index (χ1v) is 5.08. The van der Waals surface area contributed by atoms with Crippen LogP contribution in [0.5, 0.6) is 0 Å². The highest BCUT2D eigenvalue weighted by atomic mass is 16.7. The van der Waals surface area contributed by atoms with Gasteiger partial charge in [0, 0.05) is 32.0 Å². The molecule has 0 aromatic carbocycles. The number of aromatic nitrogens is 2. The van der Waals surface area contributed by atoms with Crippen LogP contribution in [0, 0.1) is 0 Å². The molecule has 0 fully saturated rings. The lowest BCUT2D eigenvalue weighted by molar-refractivity contribution is -0.191. The molecule has 1 heterocycles. The van der Waals surface area contributed by atoms with Crippen molar-refractivity contribution >= 4 is 0 Å². The number of hydrogen-bond acceptors (Lipinski definition) is 4. The van der Waals surface area contributed by atoms with Gasteiger partial charge in [-0.05, 0) is 13.8 Å². The van der Waals surface area contributed by atoms with Crippen molar-refractivity contribution in [1.82, 2.24) is 9.78 Å². The van der Waals surface area contributed by atoms with Crippen LogP contribution >= 0.6 is 0 Å². The fraction of sp³-hybridized carbons (Fsp3) is 0.700. The molecule has 1 unspecified atom stereocenters. The van der Waals surface area contributed by atoms with Crippen LogP contribution in [0.25, 0.3) is 0 Å². The Morgan fingerprint density at radius 2 is 2.00 bits per heavy atom. The Hall–Kier alpha value is -0.910. The van der Waals surface area contributed by atoms with Crippen molar-refractivity contribution in [2.24, 2.45) is 7.05 Å². The second-order valence-electron chi connectivity index (χ2n) is 3.17. The molecule has 1 N–H and O–H groups in total. The second-order valence-corrected chi connectivity index (χ2v) is 3.17. The lowest BCUT2D eigenvalue weighted by Gasteiger charge is -2.21. The summed E-state index contributed by atoms with van der Waals surface area (Å²) in [5.41, 5.74) is 0.699. The fourth-order valence-electron chi connectivity index (χ4n) is 1.31. The van der Waals surface area contributed by atoms with E-state index in [1.165, 1.54) is 0 Å². The monoisotopic (exact) mass is 214 g/mol. The molecule has 0 saturated carbocycles. The number of rotatable bonds is 6. The summed E-state index contributed by atoms with van der Waals surface area (Å²) in [5.74, 6) is 0. The average molecular weight is 214 g/mol. The average Bonchev–Trinajstić information content (AvgIpc) is 2.63. The van der Waals surface area contributed by atoms with Crippen molar-refractivity contribution in [3.05, 3.63) is 18.0 Å². The van der Waals surface area contributed by atoms with Crippen LogP contribution in [0.4, 0.5) is 0 Å². The zero-order valence-electron chi connectivity index (χ0n) is 9.38. The lowest BCUT2D eigenvalue weighted by atomic mass is 10.2. The molecular weight excluding hydrogens is 196 g/mol. The number of aliphatic hydroxyl groups is 1. The summed E-state index contributed by atoms with van der Waals surface area (Å²) < 4.78 is 12.2. The van der Waals surface area contributed by atoms with E-state index >= 15 is 0 Å². The smallest absolute Gasteiger partial charge is 0.187 e. The molecule has 1 aromatic rings. The van der Waals surface area contributed by atoms with Gasteiger partial charge in [0.05, 0.1) is 6.20 Å². The molecule has 15 heavy (non-hydrogen) atoms. The van der Waals surface area contributed by atoms with Crippen LogP contribution in [0.2, 0.25) is 0 Å². The molecular formula is C10H18N2O3. The summed E-state index contributed by atoms with van der Waals surface area (Å²) >= 11 is 0. The quantitative estimate of drug-likeness (QED) is 0.713. The first-order valence-electron chi connectivity index (χ1n) is 5.08. The van der Waals surface area contributed by atoms with E-state index in [-0.39, 0.29) is 0 Å². The normalized spacial score (nSPS) is 13.4. The highest BCUT2D eigenvalue weighted by Gasteiger charge is 2.22. The summed E-state index contributed by atoms with van der Waals surface area (Å²) in [7, 11) is 1.80. The van der Waals surface area contributed by atoms with Gasteiger partial charge in [0.2, 0.25) is 0 Å². The van der Waals surface area contributed by atoms with E-state index in [2.05, 4.69) is 5.10 Å². The molecule has 0 aliphatic carbocycles. The van der Waals surface area contributed by atoms with Crippen LogP contribution in [0.1, 0.15) is 25.5 Å². The number of aliphatic hydroxyl groups excluding tert-OH is 1. The maximum atomic E-state index is 9.95. The second kappa shape index (κ2) is 5.85. The van der Waals surface area contributed by atoms with Crippen LogP contribution < -0.4 is 0 Å². The Bertz CT molecular complexity index is 282. The van der Waals surface area contributed by atoms with Crippen molar-refractivity contribution in [3.8, 4) is 0 Å². The molecule has 0 aliphatic heterocycles. The summed E-state index contributed by atoms with van der Waals surface area (Å²) in [5, 5.41) is 13.9. The lowest BCUT2D eigenvalue weighted by Crippen LogP contribution is -2.25. The predicted molar refractivity (Wildman–Crippen MR) is 55.2 cm³/mol. The van der Waals surface area contributed by atoms with Crippen molar-refractivity contribution in [2.45, 2.75) is 26.2 Å². The van der Waals surface area contributed by atoms with E-state index < -0.39 is 12.4 Å². The SMILES string of the molecule is CCOC(OCC)C(O)c1cnn(C)c1. The number of nitrogens with zero attached hydrogens (tertiary/aromatic N) is 2. The third-order valence-corrected chi connectivity index (χ3v) is 1.99. The molecule has 0 saturated heterocycles. The fourth-order valence-corrected chi connectivity index (χ4v) is 1.31. The number of hydrogen-bond donors (Lipinski definition) is 1. The maximum Gasteiger partial charge on any atom is 0.187 e. The van der Waals surface area contributed by atoms with Crippen LogP contribution in [0.3, 0.4) is 0 Å². The Balaban J connectivity index is 2.66. The minimum absolute atomic E-state index is 0.502. The Kier molecular flexibility index (Phi) is 4.74. The first kappa shape index (κ1) is 12.2. The van der Waals surface area contributed by atoms with Crippen LogP contribution in [-0.2, 0) is 16.5 Å². The highest BCUT2D eigenvalue weighted by Crippen LogP contribution is 2.19. The minimum Gasteiger partial charge on any atom is -0.383 e. The molecule has 86 valence electrons. The van der Waals surface area contributed by atoms with Crippen molar-refractivity contribution in [3.63, 3.8) is 0 Å².